The molecule has 0 aliphatic carbocycles. The summed E-state index contributed by atoms with van der Waals surface area (Å²) in [6.45, 7) is 4.45. The molecule has 6 nitrogen and oxygen atoms in total. The first kappa shape index (κ1) is 13.8. The number of aromatic nitrogens is 5. The van der Waals surface area contributed by atoms with E-state index in [4.69, 9.17) is 11.6 Å². The van der Waals surface area contributed by atoms with Crippen LogP contribution in [0, 0.1) is 6.92 Å². The zero-order valence-electron chi connectivity index (χ0n) is 11.7. The van der Waals surface area contributed by atoms with E-state index in [2.05, 4.69) is 15.1 Å². The molecule has 0 radical (unpaired) electrons. The fraction of sp³-hybridized carbons (Fsp3) is 0.286. The highest BCUT2D eigenvalue weighted by atomic mass is 35.5. The van der Waals surface area contributed by atoms with Gasteiger partial charge in [0.25, 0.3) is 5.56 Å². The maximum atomic E-state index is 12.3. The van der Waals surface area contributed by atoms with Crippen molar-refractivity contribution in [3.63, 3.8) is 0 Å². The molecular weight excluding hydrogens is 290 g/mol. The van der Waals surface area contributed by atoms with Gasteiger partial charge in [0.1, 0.15) is 11.5 Å². The molecule has 0 bridgehead atoms. The molecule has 21 heavy (non-hydrogen) atoms. The lowest BCUT2D eigenvalue weighted by molar-refractivity contribution is 0.710. The van der Waals surface area contributed by atoms with Gasteiger partial charge in [-0.3, -0.25) is 4.79 Å². The van der Waals surface area contributed by atoms with Gasteiger partial charge < -0.3 is 4.57 Å². The largest absolute Gasteiger partial charge is 0.309 e. The van der Waals surface area contributed by atoms with Gasteiger partial charge >= 0.3 is 0 Å². The standard InChI is InChI=1S/C14H14ClN5O/c1-3-11-9(2)19(7-10-4-5-12(15)16-6-10)14-17-8-18-20(14)13(11)21/h4-6,8H,3,7H2,1-2H3. The fourth-order valence-electron chi connectivity index (χ4n) is 2.44. The number of hydrogen-bond acceptors (Lipinski definition) is 4. The van der Waals surface area contributed by atoms with Gasteiger partial charge in [-0.2, -0.15) is 14.6 Å². The van der Waals surface area contributed by atoms with E-state index in [1.807, 2.05) is 24.5 Å². The number of rotatable bonds is 3. The Kier molecular flexibility index (Phi) is 3.47. The maximum Gasteiger partial charge on any atom is 0.279 e. The van der Waals surface area contributed by atoms with Crippen molar-refractivity contribution < 1.29 is 0 Å². The first-order valence-corrected chi connectivity index (χ1v) is 7.02. The average Bonchev–Trinajstić information content (AvgIpc) is 2.96. The summed E-state index contributed by atoms with van der Waals surface area (Å²) in [7, 11) is 0. The molecule has 0 unspecified atom stereocenters. The van der Waals surface area contributed by atoms with E-state index in [-0.39, 0.29) is 5.56 Å². The van der Waals surface area contributed by atoms with Crippen molar-refractivity contribution in [3.8, 4) is 0 Å². The minimum absolute atomic E-state index is 0.104. The summed E-state index contributed by atoms with van der Waals surface area (Å²) < 4.78 is 3.31. The van der Waals surface area contributed by atoms with Gasteiger partial charge in [0.05, 0.1) is 6.54 Å². The molecular formula is C14H14ClN5O. The number of pyridine rings is 1. The lowest BCUT2D eigenvalue weighted by atomic mass is 10.1. The van der Waals surface area contributed by atoms with Crippen LogP contribution < -0.4 is 5.56 Å². The number of nitrogens with zero attached hydrogens (tertiary/aromatic N) is 5. The minimum atomic E-state index is -0.104. The highest BCUT2D eigenvalue weighted by molar-refractivity contribution is 6.29. The first-order valence-electron chi connectivity index (χ1n) is 6.64. The Morgan fingerprint density at radius 1 is 1.29 bits per heavy atom. The van der Waals surface area contributed by atoms with E-state index in [1.165, 1.54) is 10.8 Å². The monoisotopic (exact) mass is 303 g/mol. The highest BCUT2D eigenvalue weighted by Crippen LogP contribution is 2.13. The predicted molar refractivity (Wildman–Crippen MR) is 79.7 cm³/mol. The third-order valence-electron chi connectivity index (χ3n) is 3.55. The molecule has 108 valence electrons. The van der Waals surface area contributed by atoms with Crippen molar-refractivity contribution in [1.82, 2.24) is 24.1 Å². The molecule has 0 saturated carbocycles. The molecule has 0 fully saturated rings. The van der Waals surface area contributed by atoms with Crippen LogP contribution in [-0.2, 0) is 13.0 Å². The average molecular weight is 304 g/mol. The van der Waals surface area contributed by atoms with Crippen LogP contribution in [0.5, 0.6) is 0 Å². The van der Waals surface area contributed by atoms with Crippen molar-refractivity contribution in [2.75, 3.05) is 0 Å². The Morgan fingerprint density at radius 2 is 2.10 bits per heavy atom. The molecule has 3 aromatic rings. The minimum Gasteiger partial charge on any atom is -0.309 e. The summed E-state index contributed by atoms with van der Waals surface area (Å²) >= 11 is 5.81. The molecule has 0 aromatic carbocycles. The van der Waals surface area contributed by atoms with E-state index in [1.54, 1.807) is 12.3 Å². The molecule has 3 rings (SSSR count). The lowest BCUT2D eigenvalue weighted by Gasteiger charge is -2.14. The fourth-order valence-corrected chi connectivity index (χ4v) is 2.55. The Balaban J connectivity index is 2.19. The molecule has 0 spiro atoms. The van der Waals surface area contributed by atoms with Gasteiger partial charge in [-0.05, 0) is 25.0 Å². The van der Waals surface area contributed by atoms with Gasteiger partial charge in [-0.15, -0.1) is 0 Å². The third-order valence-corrected chi connectivity index (χ3v) is 3.77. The SMILES string of the molecule is CCc1c(C)n(Cc2ccc(Cl)nc2)c2ncnn2c1=O. The zero-order valence-corrected chi connectivity index (χ0v) is 12.5. The number of fused-ring (bicyclic) bond motifs is 1. The molecule has 0 N–H and O–H groups in total. The van der Waals surface area contributed by atoms with Gasteiger partial charge in [0.2, 0.25) is 5.78 Å². The predicted octanol–water partition coefficient (Wildman–Crippen LogP) is 1.86. The van der Waals surface area contributed by atoms with Crippen LogP contribution in [0.1, 0.15) is 23.7 Å². The molecule has 0 saturated heterocycles. The molecule has 7 heteroatoms. The first-order chi connectivity index (χ1) is 10.1. The summed E-state index contributed by atoms with van der Waals surface area (Å²) in [6.07, 6.45) is 3.77. The van der Waals surface area contributed by atoms with E-state index in [0.29, 0.717) is 23.9 Å². The second-order valence-electron chi connectivity index (χ2n) is 4.77. The highest BCUT2D eigenvalue weighted by Gasteiger charge is 2.14. The van der Waals surface area contributed by atoms with Gasteiger partial charge in [0, 0.05) is 17.5 Å². The maximum absolute atomic E-state index is 12.3. The normalized spacial score (nSPS) is 11.2. The number of hydrogen-bond donors (Lipinski definition) is 0. The zero-order chi connectivity index (χ0) is 15.0. The molecule has 3 aromatic heterocycles. The van der Waals surface area contributed by atoms with Gasteiger partial charge in [0.15, 0.2) is 0 Å². The summed E-state index contributed by atoms with van der Waals surface area (Å²) in [4.78, 5) is 20.6. The Labute approximate surface area is 126 Å². The Morgan fingerprint density at radius 3 is 2.76 bits per heavy atom. The van der Waals surface area contributed by atoms with Crippen LogP contribution in [0.25, 0.3) is 5.78 Å². The van der Waals surface area contributed by atoms with Crippen molar-refractivity contribution in [2.24, 2.45) is 0 Å². The quantitative estimate of drug-likeness (QED) is 0.693. The van der Waals surface area contributed by atoms with Crippen molar-refractivity contribution in [3.05, 3.63) is 57.0 Å². The summed E-state index contributed by atoms with van der Waals surface area (Å²) in [5.74, 6) is 0.532. The molecule has 0 aliphatic heterocycles. The van der Waals surface area contributed by atoms with E-state index >= 15 is 0 Å². The van der Waals surface area contributed by atoms with Crippen LogP contribution >= 0.6 is 11.6 Å². The summed E-state index contributed by atoms with van der Waals surface area (Å²) in [5.41, 5.74) is 2.53. The second kappa shape index (κ2) is 5.29. The van der Waals surface area contributed by atoms with E-state index < -0.39 is 0 Å². The van der Waals surface area contributed by atoms with Crippen molar-refractivity contribution in [1.29, 1.82) is 0 Å². The van der Waals surface area contributed by atoms with Gasteiger partial charge in [-0.1, -0.05) is 24.6 Å². The van der Waals surface area contributed by atoms with Crippen LogP contribution in [0.3, 0.4) is 0 Å². The second-order valence-corrected chi connectivity index (χ2v) is 5.16. The lowest BCUT2D eigenvalue weighted by Crippen LogP contribution is -2.26. The van der Waals surface area contributed by atoms with E-state index in [9.17, 15) is 4.79 Å². The molecule has 0 aliphatic rings. The van der Waals surface area contributed by atoms with Crippen molar-refractivity contribution in [2.45, 2.75) is 26.8 Å². The van der Waals surface area contributed by atoms with Crippen LogP contribution in [0.2, 0.25) is 5.15 Å². The molecule has 0 amide bonds. The Hall–Kier alpha value is -2.21. The summed E-state index contributed by atoms with van der Waals surface area (Å²) in [6, 6.07) is 3.65. The molecule has 0 atom stereocenters. The smallest absolute Gasteiger partial charge is 0.279 e. The number of halogens is 1. The topological polar surface area (TPSA) is 65.1 Å². The van der Waals surface area contributed by atoms with Crippen LogP contribution in [0.15, 0.2) is 29.5 Å². The van der Waals surface area contributed by atoms with Crippen molar-refractivity contribution >= 4 is 17.4 Å². The third kappa shape index (κ3) is 2.31. The summed E-state index contributed by atoms with van der Waals surface area (Å²) in [5, 5.41) is 4.48. The Bertz CT molecular complexity index is 850. The van der Waals surface area contributed by atoms with Gasteiger partial charge in [-0.25, -0.2) is 4.98 Å². The molecule has 3 heterocycles. The van der Waals surface area contributed by atoms with E-state index in [0.717, 1.165) is 16.8 Å². The van der Waals surface area contributed by atoms with Crippen LogP contribution in [-0.4, -0.2) is 24.1 Å². The van der Waals surface area contributed by atoms with Crippen LogP contribution in [0.4, 0.5) is 0 Å².